The van der Waals surface area contributed by atoms with Gasteiger partial charge in [-0.15, -0.1) is 0 Å². The molecular formula is C17H30NNaO15S. The second kappa shape index (κ2) is 14.4. The van der Waals surface area contributed by atoms with E-state index in [-0.39, 0.29) is 37.0 Å². The molecule has 2 aliphatic rings. The number of nitrogens with one attached hydrogen (secondary N) is 1. The zero-order valence-electron chi connectivity index (χ0n) is 18.7. The van der Waals surface area contributed by atoms with Crippen LogP contribution in [0.25, 0.3) is 0 Å². The van der Waals surface area contributed by atoms with Gasteiger partial charge in [-0.2, -0.15) is 0 Å². The third-order valence-corrected chi connectivity index (χ3v) is 5.47. The second-order valence-electron chi connectivity index (χ2n) is 7.20. The van der Waals surface area contributed by atoms with E-state index in [4.69, 9.17) is 23.7 Å². The molecule has 0 aromatic heterocycles. The van der Waals surface area contributed by atoms with Crippen molar-refractivity contribution >= 4 is 22.3 Å². The first-order valence-corrected chi connectivity index (χ1v) is 10.8. The molecule has 2 rings (SSSR count). The number of rotatable bonds is 9. The Labute approximate surface area is 224 Å². The molecule has 0 radical (unpaired) electrons. The summed E-state index contributed by atoms with van der Waals surface area (Å²) in [5.41, 5.74) is 0. The van der Waals surface area contributed by atoms with Crippen LogP contribution >= 0.6 is 0 Å². The van der Waals surface area contributed by atoms with Gasteiger partial charge in [-0.3, -0.25) is 8.98 Å². The van der Waals surface area contributed by atoms with Crippen LogP contribution < -0.4 is 34.9 Å². The van der Waals surface area contributed by atoms with Crippen molar-refractivity contribution in [1.82, 2.24) is 5.32 Å². The largest absolute Gasteiger partial charge is 1.00 e. The molecule has 35 heavy (non-hydrogen) atoms. The molecule has 2 heterocycles. The molecule has 200 valence electrons. The fourth-order valence-electron chi connectivity index (χ4n) is 3.62. The topological polar surface area (TPSA) is 240 Å². The van der Waals surface area contributed by atoms with Gasteiger partial charge in [0.1, 0.15) is 42.7 Å². The van der Waals surface area contributed by atoms with Gasteiger partial charge in [0.15, 0.2) is 18.7 Å². The first-order chi connectivity index (χ1) is 15.3. The Morgan fingerprint density at radius 3 is 2.06 bits per heavy atom. The number of methoxy groups -OCH3 is 2. The van der Waals surface area contributed by atoms with Gasteiger partial charge < -0.3 is 54.0 Å². The van der Waals surface area contributed by atoms with Crippen LogP contribution in [0.15, 0.2) is 0 Å². The van der Waals surface area contributed by atoms with Crippen molar-refractivity contribution in [1.29, 1.82) is 0 Å². The summed E-state index contributed by atoms with van der Waals surface area (Å²) in [5.74, 6) is -2.26. The van der Waals surface area contributed by atoms with Crippen molar-refractivity contribution in [3.63, 3.8) is 0 Å². The number of aliphatic hydroxyl groups is 3. The van der Waals surface area contributed by atoms with E-state index >= 15 is 0 Å². The van der Waals surface area contributed by atoms with E-state index < -0.39 is 90.2 Å². The zero-order valence-corrected chi connectivity index (χ0v) is 21.5. The maximum atomic E-state index is 11.7. The molecule has 2 fully saturated rings. The molecule has 0 saturated carbocycles. The molecule has 2 aliphatic heterocycles. The molecule has 10 unspecified atom stereocenters. The van der Waals surface area contributed by atoms with Crippen molar-refractivity contribution in [3.05, 3.63) is 0 Å². The molecular weight excluding hydrogens is 513 g/mol. The normalized spacial score (nSPS) is 37.5. The maximum absolute atomic E-state index is 11.7. The molecule has 0 aromatic carbocycles. The van der Waals surface area contributed by atoms with Gasteiger partial charge in [0, 0.05) is 21.1 Å². The third-order valence-electron chi connectivity index (χ3n) is 5.01. The predicted octanol–water partition coefficient (Wildman–Crippen LogP) is -6.73. The van der Waals surface area contributed by atoms with Crippen molar-refractivity contribution in [2.45, 2.75) is 75.7 Å². The quantitative estimate of drug-likeness (QED) is 0.103. The van der Waals surface area contributed by atoms with Gasteiger partial charge in [-0.05, 0) is 0 Å². The Bertz CT molecular complexity index is 800. The van der Waals surface area contributed by atoms with Crippen LogP contribution in [0.5, 0.6) is 0 Å². The van der Waals surface area contributed by atoms with Gasteiger partial charge in [0.2, 0.25) is 16.3 Å². The van der Waals surface area contributed by atoms with Crippen molar-refractivity contribution in [2.75, 3.05) is 20.8 Å². The van der Waals surface area contributed by atoms with E-state index in [0.717, 1.165) is 21.1 Å². The summed E-state index contributed by atoms with van der Waals surface area (Å²) in [6.07, 6.45) is -15.6. The Hall–Kier alpha value is -0.510. The van der Waals surface area contributed by atoms with Crippen LogP contribution in [0.3, 0.4) is 0 Å². The Kier molecular flexibility index (Phi) is 14.2. The number of hydrogen-bond acceptors (Lipinski definition) is 14. The van der Waals surface area contributed by atoms with Crippen molar-refractivity contribution < 1.29 is 100 Å². The number of hydrogen-bond donors (Lipinski definition) is 5. The number of ether oxygens (including phenoxy) is 5. The minimum Gasteiger partial charge on any atom is -0.726 e. The molecule has 2 saturated heterocycles. The van der Waals surface area contributed by atoms with Gasteiger partial charge in [-0.1, -0.05) is 7.43 Å². The number of carbonyl (C=O) groups excluding carboxylic acids is 1. The minimum atomic E-state index is -5.42. The Morgan fingerprint density at radius 2 is 1.63 bits per heavy atom. The first-order valence-electron chi connectivity index (χ1n) is 9.47. The summed E-state index contributed by atoms with van der Waals surface area (Å²) in [6.45, 7) is 0.189. The monoisotopic (exact) mass is 543 g/mol. The number of amides is 1. The molecule has 0 aromatic rings. The Balaban J connectivity index is 0.00000578. The van der Waals surface area contributed by atoms with Crippen molar-refractivity contribution in [3.8, 4) is 0 Å². The zero-order chi connectivity index (χ0) is 25.1. The molecule has 18 heteroatoms. The average molecular weight is 543 g/mol. The van der Waals surface area contributed by atoms with E-state index in [9.17, 15) is 43.0 Å². The SMILES string of the molecule is C.COC1OC(CO)C(OS(=O)(=O)[O-])C(OC2OC(C(=O)O)C(OC)C(O)C2O)C1NC(C)=O.[Na+]. The fourth-order valence-corrected chi connectivity index (χ4v) is 4.13. The molecule has 0 bridgehead atoms. The minimum absolute atomic E-state index is 0. The first kappa shape index (κ1) is 34.5. The summed E-state index contributed by atoms with van der Waals surface area (Å²) < 4.78 is 64.5. The summed E-state index contributed by atoms with van der Waals surface area (Å²) >= 11 is 0. The van der Waals surface area contributed by atoms with Gasteiger partial charge in [0.25, 0.3) is 0 Å². The van der Waals surface area contributed by atoms with Crippen LogP contribution in [0.4, 0.5) is 0 Å². The number of carboxylic acids is 1. The number of carboxylic acid groups (broad SMARTS) is 1. The van der Waals surface area contributed by atoms with Gasteiger partial charge in [0.05, 0.1) is 6.61 Å². The van der Waals surface area contributed by atoms with E-state index in [2.05, 4.69) is 9.50 Å². The summed E-state index contributed by atoms with van der Waals surface area (Å²) in [6, 6.07) is -1.40. The molecule has 10 atom stereocenters. The van der Waals surface area contributed by atoms with Gasteiger partial charge >= 0.3 is 35.5 Å². The van der Waals surface area contributed by atoms with E-state index in [0.29, 0.717) is 0 Å². The summed E-state index contributed by atoms with van der Waals surface area (Å²) in [7, 11) is -3.20. The molecule has 5 N–H and O–H groups in total. The van der Waals surface area contributed by atoms with Crippen LogP contribution in [0.2, 0.25) is 0 Å². The second-order valence-corrected chi connectivity index (χ2v) is 8.21. The molecule has 0 aliphatic carbocycles. The van der Waals surface area contributed by atoms with Crippen LogP contribution in [-0.4, -0.2) is 127 Å². The summed E-state index contributed by atoms with van der Waals surface area (Å²) in [5, 5.41) is 42.0. The average Bonchev–Trinajstić information content (AvgIpc) is 2.71. The maximum Gasteiger partial charge on any atom is 1.00 e. The van der Waals surface area contributed by atoms with E-state index in [1.165, 1.54) is 0 Å². The number of aliphatic carboxylic acids is 1. The van der Waals surface area contributed by atoms with E-state index in [1.807, 2.05) is 0 Å². The van der Waals surface area contributed by atoms with Crippen molar-refractivity contribution in [2.24, 2.45) is 0 Å². The molecule has 0 spiro atoms. The smallest absolute Gasteiger partial charge is 0.726 e. The van der Waals surface area contributed by atoms with Crippen LogP contribution in [0, 0.1) is 0 Å². The summed E-state index contributed by atoms with van der Waals surface area (Å²) in [4.78, 5) is 23.3. The molecule has 16 nitrogen and oxygen atoms in total. The number of carbonyl (C=O) groups is 2. The Morgan fingerprint density at radius 1 is 1.03 bits per heavy atom. The van der Waals surface area contributed by atoms with Crippen LogP contribution in [-0.2, 0) is 47.9 Å². The number of aliphatic hydroxyl groups excluding tert-OH is 3. The molecule has 1 amide bonds. The van der Waals surface area contributed by atoms with Gasteiger partial charge in [-0.25, -0.2) is 13.2 Å². The fraction of sp³-hybridized carbons (Fsp3) is 0.882. The predicted molar refractivity (Wildman–Crippen MR) is 106 cm³/mol. The van der Waals surface area contributed by atoms with E-state index in [1.54, 1.807) is 0 Å². The standard InChI is InChI=1S/C16H27NO15S.CH4.Na/c1-5(19)17-7-11(10(32-33(24,25)26)6(4-18)29-15(7)28-3)30-16-9(21)8(20)12(27-2)13(31-16)14(22)23;;/h6-13,15-16,18,20-21H,4H2,1-3H3,(H,17,19)(H,22,23)(H,24,25,26);1H4;/q;;+1/p-1. The van der Waals surface area contributed by atoms with Crippen LogP contribution in [0.1, 0.15) is 14.4 Å². The third kappa shape index (κ3) is 8.50.